The Labute approximate surface area is 143 Å². The lowest BCUT2D eigenvalue weighted by Crippen LogP contribution is -3.00. The summed E-state index contributed by atoms with van der Waals surface area (Å²) in [7, 11) is 7.22. The average molecular weight is 409 g/mol. The van der Waals surface area contributed by atoms with Gasteiger partial charge in [0.15, 0.2) is 11.5 Å². The minimum absolute atomic E-state index is 0. The zero-order valence-electron chi connectivity index (χ0n) is 13.1. The maximum Gasteiger partial charge on any atom is 0.161 e. The quantitative estimate of drug-likeness (QED) is 0.446. The van der Waals surface area contributed by atoms with Gasteiger partial charge in [-0.15, -0.1) is 0 Å². The van der Waals surface area contributed by atoms with E-state index in [-0.39, 0.29) is 36.1 Å². The van der Waals surface area contributed by atoms with Crippen LogP contribution in [0.25, 0.3) is 0 Å². The Balaban J connectivity index is 0.00000220. The Bertz CT molecular complexity index is 495. The van der Waals surface area contributed by atoms with Crippen molar-refractivity contribution < 1.29 is 48.1 Å². The monoisotopic (exact) mass is 409 g/mol. The van der Waals surface area contributed by atoms with E-state index in [1.165, 1.54) is 0 Å². The summed E-state index contributed by atoms with van der Waals surface area (Å²) in [4.78, 5) is 0. The molecule has 1 saturated heterocycles. The van der Waals surface area contributed by atoms with Gasteiger partial charge in [0.2, 0.25) is 0 Å². The highest BCUT2D eigenvalue weighted by atomic mass is 127. The van der Waals surface area contributed by atoms with Crippen molar-refractivity contribution in [2.75, 3.05) is 28.3 Å². The van der Waals surface area contributed by atoms with Crippen molar-refractivity contribution in [1.29, 1.82) is 0 Å². The van der Waals surface area contributed by atoms with Crippen LogP contribution in [-0.4, -0.2) is 61.3 Å². The number of likely N-dealkylation sites (N-methyl/N-ethyl adjacent to an activating group) is 1. The molecule has 1 aromatic carbocycles. The van der Waals surface area contributed by atoms with Gasteiger partial charge in [0.05, 0.1) is 28.3 Å². The molecule has 4 atom stereocenters. The number of aliphatic hydroxyl groups is 2. The summed E-state index contributed by atoms with van der Waals surface area (Å²) in [6.45, 7) is 1.95. The van der Waals surface area contributed by atoms with Crippen LogP contribution in [0, 0.1) is 0 Å². The second-order valence-electron chi connectivity index (χ2n) is 5.91. The van der Waals surface area contributed by atoms with Crippen LogP contribution >= 0.6 is 0 Å². The number of quaternary nitrogens is 1. The standard InChI is InChI=1S/C15H24NO4.HI/c1-9-14(17)15(18)13(16(9,2)3)10-6-7-11(19-4)12(8-10)20-5;/h6-9,13-15,17-18H,1-5H3;1H/q+1;/p-1/t9-,13-,14-,15-;/m1./s1. The van der Waals surface area contributed by atoms with Gasteiger partial charge in [0.1, 0.15) is 24.3 Å². The van der Waals surface area contributed by atoms with Gasteiger partial charge >= 0.3 is 0 Å². The van der Waals surface area contributed by atoms with Crippen molar-refractivity contribution >= 4 is 0 Å². The Hall–Kier alpha value is -0.570. The summed E-state index contributed by atoms with van der Waals surface area (Å²) in [6.07, 6.45) is -1.53. The van der Waals surface area contributed by atoms with Crippen LogP contribution in [0.15, 0.2) is 18.2 Å². The number of nitrogens with zero attached hydrogens (tertiary/aromatic N) is 1. The first-order valence-electron chi connectivity index (χ1n) is 6.76. The summed E-state index contributed by atoms with van der Waals surface area (Å²) in [6, 6.07) is 5.39. The fourth-order valence-electron chi connectivity index (χ4n) is 3.13. The summed E-state index contributed by atoms with van der Waals surface area (Å²) in [5.41, 5.74) is 0.934. The Morgan fingerprint density at radius 3 is 2.00 bits per heavy atom. The van der Waals surface area contributed by atoms with Gasteiger partial charge in [-0.3, -0.25) is 0 Å². The molecular weight excluding hydrogens is 385 g/mol. The fourth-order valence-corrected chi connectivity index (χ4v) is 3.13. The highest BCUT2D eigenvalue weighted by Gasteiger charge is 2.54. The maximum absolute atomic E-state index is 10.4. The molecule has 0 spiro atoms. The van der Waals surface area contributed by atoms with Crippen molar-refractivity contribution in [3.05, 3.63) is 23.8 Å². The van der Waals surface area contributed by atoms with Crippen LogP contribution in [-0.2, 0) is 0 Å². The number of ether oxygens (including phenoxy) is 2. The number of methoxy groups -OCH3 is 2. The Morgan fingerprint density at radius 2 is 1.57 bits per heavy atom. The van der Waals surface area contributed by atoms with Crippen molar-refractivity contribution in [2.45, 2.75) is 31.2 Å². The number of likely N-dealkylation sites (tertiary alicyclic amines) is 1. The lowest BCUT2D eigenvalue weighted by Gasteiger charge is -2.36. The predicted octanol–water partition coefficient (Wildman–Crippen LogP) is -2.05. The second kappa shape index (κ2) is 6.68. The van der Waals surface area contributed by atoms with Crippen LogP contribution in [0.2, 0.25) is 0 Å². The van der Waals surface area contributed by atoms with Crippen molar-refractivity contribution in [3.63, 3.8) is 0 Å². The molecule has 1 aliphatic rings. The molecule has 0 aromatic heterocycles. The van der Waals surface area contributed by atoms with E-state index >= 15 is 0 Å². The zero-order chi connectivity index (χ0) is 15.1. The van der Waals surface area contributed by atoms with E-state index in [1.54, 1.807) is 14.2 Å². The first kappa shape index (κ1) is 18.5. The average Bonchev–Trinajstić information content (AvgIpc) is 2.58. The predicted molar refractivity (Wildman–Crippen MR) is 75.9 cm³/mol. The third-order valence-electron chi connectivity index (χ3n) is 4.68. The van der Waals surface area contributed by atoms with E-state index in [0.29, 0.717) is 16.0 Å². The molecule has 1 aliphatic heterocycles. The lowest BCUT2D eigenvalue weighted by atomic mass is 10.00. The minimum atomic E-state index is -0.793. The van der Waals surface area contributed by atoms with E-state index in [9.17, 15) is 10.2 Å². The first-order valence-corrected chi connectivity index (χ1v) is 6.76. The highest BCUT2D eigenvalue weighted by Crippen LogP contribution is 2.42. The molecule has 0 aliphatic carbocycles. The molecule has 1 heterocycles. The Kier molecular flexibility index (Phi) is 5.88. The molecule has 2 rings (SSSR count). The third-order valence-corrected chi connectivity index (χ3v) is 4.68. The van der Waals surface area contributed by atoms with Gasteiger partial charge in [0, 0.05) is 5.56 Å². The van der Waals surface area contributed by atoms with Crippen molar-refractivity contribution in [3.8, 4) is 11.5 Å². The van der Waals surface area contributed by atoms with Crippen LogP contribution < -0.4 is 33.5 Å². The van der Waals surface area contributed by atoms with Gasteiger partial charge < -0.3 is 48.1 Å². The summed E-state index contributed by atoms with van der Waals surface area (Å²) in [5.74, 6) is 1.29. The van der Waals surface area contributed by atoms with E-state index in [0.717, 1.165) is 5.56 Å². The molecule has 1 aromatic rings. The van der Waals surface area contributed by atoms with E-state index in [2.05, 4.69) is 0 Å². The number of aliphatic hydroxyl groups excluding tert-OH is 2. The molecule has 6 heteroatoms. The number of hydrogen-bond donors (Lipinski definition) is 2. The van der Waals surface area contributed by atoms with E-state index < -0.39 is 12.2 Å². The molecule has 0 bridgehead atoms. The van der Waals surface area contributed by atoms with Crippen LogP contribution in [0.1, 0.15) is 18.5 Å². The van der Waals surface area contributed by atoms with Crippen LogP contribution in [0.4, 0.5) is 0 Å². The number of benzene rings is 1. The van der Waals surface area contributed by atoms with E-state index in [4.69, 9.17) is 9.47 Å². The summed E-state index contributed by atoms with van der Waals surface area (Å²) >= 11 is 0. The lowest BCUT2D eigenvalue weighted by molar-refractivity contribution is -0.931. The molecule has 5 nitrogen and oxygen atoms in total. The minimum Gasteiger partial charge on any atom is -1.00 e. The SMILES string of the molecule is COc1ccc([C@@H]2[C@@H](O)[C@H](O)[C@@H](C)[N+]2(C)C)cc1OC.[I-]. The van der Waals surface area contributed by atoms with Gasteiger partial charge in [-0.1, -0.05) is 0 Å². The molecule has 0 amide bonds. The normalized spacial score (nSPS) is 30.6. The Morgan fingerprint density at radius 1 is 1.00 bits per heavy atom. The maximum atomic E-state index is 10.4. The van der Waals surface area contributed by atoms with Crippen LogP contribution in [0.3, 0.4) is 0 Å². The molecule has 2 N–H and O–H groups in total. The summed E-state index contributed by atoms with van der Waals surface area (Å²) in [5, 5.41) is 20.5. The highest BCUT2D eigenvalue weighted by molar-refractivity contribution is 5.44. The smallest absolute Gasteiger partial charge is 0.161 e. The molecule has 0 radical (unpaired) electrons. The van der Waals surface area contributed by atoms with Crippen molar-refractivity contribution in [1.82, 2.24) is 0 Å². The number of hydrogen-bond acceptors (Lipinski definition) is 4. The van der Waals surface area contributed by atoms with Gasteiger partial charge in [-0.2, -0.15) is 0 Å². The molecular formula is C15H24INO4. The first-order chi connectivity index (χ1) is 9.34. The zero-order valence-corrected chi connectivity index (χ0v) is 15.2. The molecule has 120 valence electrons. The summed E-state index contributed by atoms with van der Waals surface area (Å²) < 4.78 is 11.1. The fraction of sp³-hybridized carbons (Fsp3) is 0.600. The van der Waals surface area contributed by atoms with Gasteiger partial charge in [0.25, 0.3) is 0 Å². The van der Waals surface area contributed by atoms with Crippen LogP contribution in [0.5, 0.6) is 11.5 Å². The number of halogens is 1. The molecule has 0 unspecified atom stereocenters. The largest absolute Gasteiger partial charge is 1.00 e. The van der Waals surface area contributed by atoms with Crippen molar-refractivity contribution in [2.24, 2.45) is 0 Å². The second-order valence-corrected chi connectivity index (χ2v) is 5.91. The molecule has 21 heavy (non-hydrogen) atoms. The molecule has 1 fully saturated rings. The number of rotatable bonds is 3. The molecule has 0 saturated carbocycles. The van der Waals surface area contributed by atoms with Gasteiger partial charge in [-0.05, 0) is 25.1 Å². The topological polar surface area (TPSA) is 58.9 Å². The van der Waals surface area contributed by atoms with Gasteiger partial charge in [-0.25, -0.2) is 0 Å². The third kappa shape index (κ3) is 2.99. The van der Waals surface area contributed by atoms with E-state index in [1.807, 2.05) is 39.2 Å².